The molecule has 0 aliphatic carbocycles. The Kier molecular flexibility index (Phi) is 6.26. The molecule has 1 aromatic heterocycles. The average molecular weight is 395 g/mol. The highest BCUT2D eigenvalue weighted by molar-refractivity contribution is 7.99. The summed E-state index contributed by atoms with van der Waals surface area (Å²) in [4.78, 5) is 29.6. The fourth-order valence-electron chi connectivity index (χ4n) is 3.07. The van der Waals surface area contributed by atoms with Crippen LogP contribution in [0.2, 0.25) is 0 Å². The Hall–Kier alpha value is -2.93. The van der Waals surface area contributed by atoms with Crippen LogP contribution in [0.3, 0.4) is 0 Å². The van der Waals surface area contributed by atoms with E-state index in [0.29, 0.717) is 17.3 Å². The maximum atomic E-state index is 12.0. The molecule has 0 saturated carbocycles. The number of nitro groups is 1. The summed E-state index contributed by atoms with van der Waals surface area (Å²) in [5.41, 5.74) is 5.19. The predicted octanol–water partition coefficient (Wildman–Crippen LogP) is 4.22. The molecule has 0 atom stereocenters. The first kappa shape index (κ1) is 19.8. The first-order chi connectivity index (χ1) is 13.4. The molecule has 0 fully saturated rings. The summed E-state index contributed by atoms with van der Waals surface area (Å²) in [6.07, 6.45) is 1.34. The number of rotatable bonds is 7. The third-order valence-corrected chi connectivity index (χ3v) is 5.09. The van der Waals surface area contributed by atoms with Crippen LogP contribution in [-0.2, 0) is 12.8 Å². The minimum absolute atomic E-state index is 0.0847. The van der Waals surface area contributed by atoms with Gasteiger partial charge >= 0.3 is 0 Å². The SMILES string of the molecule is Cc1cc(C)cc(Cc2cc(=O)[nH]c(SCCc3ccc([N+](=O)[O-])cc3)n2)c1. The summed E-state index contributed by atoms with van der Waals surface area (Å²) in [5, 5.41) is 11.3. The summed E-state index contributed by atoms with van der Waals surface area (Å²) in [6, 6.07) is 14.4. The number of thioether (sulfide) groups is 1. The number of aromatic amines is 1. The van der Waals surface area contributed by atoms with E-state index >= 15 is 0 Å². The number of aromatic nitrogens is 2. The Balaban J connectivity index is 1.64. The van der Waals surface area contributed by atoms with Gasteiger partial charge in [0.2, 0.25) is 0 Å². The summed E-state index contributed by atoms with van der Waals surface area (Å²) >= 11 is 1.47. The van der Waals surface area contributed by atoms with Crippen LogP contribution in [0.5, 0.6) is 0 Å². The van der Waals surface area contributed by atoms with Gasteiger partial charge in [-0.05, 0) is 31.4 Å². The lowest BCUT2D eigenvalue weighted by Gasteiger charge is -2.07. The molecule has 1 heterocycles. The second kappa shape index (κ2) is 8.84. The van der Waals surface area contributed by atoms with Crippen LogP contribution in [0.15, 0.2) is 58.5 Å². The van der Waals surface area contributed by atoms with Crippen molar-refractivity contribution in [1.82, 2.24) is 9.97 Å². The van der Waals surface area contributed by atoms with Gasteiger partial charge in [-0.15, -0.1) is 0 Å². The summed E-state index contributed by atoms with van der Waals surface area (Å²) in [5.74, 6) is 0.716. The molecule has 3 aromatic rings. The van der Waals surface area contributed by atoms with E-state index in [9.17, 15) is 14.9 Å². The number of aryl methyl sites for hydroxylation is 3. The number of nitrogens with zero attached hydrogens (tertiary/aromatic N) is 2. The van der Waals surface area contributed by atoms with E-state index in [1.807, 2.05) is 0 Å². The van der Waals surface area contributed by atoms with Crippen molar-refractivity contribution in [1.29, 1.82) is 0 Å². The van der Waals surface area contributed by atoms with E-state index in [4.69, 9.17) is 0 Å². The van der Waals surface area contributed by atoms with Gasteiger partial charge in [-0.25, -0.2) is 4.98 Å². The van der Waals surface area contributed by atoms with E-state index in [1.54, 1.807) is 12.1 Å². The Morgan fingerprint density at radius 1 is 1.04 bits per heavy atom. The monoisotopic (exact) mass is 395 g/mol. The minimum Gasteiger partial charge on any atom is -0.301 e. The van der Waals surface area contributed by atoms with Gasteiger partial charge in [0, 0.05) is 30.4 Å². The van der Waals surface area contributed by atoms with E-state index in [-0.39, 0.29) is 11.2 Å². The molecule has 0 bridgehead atoms. The predicted molar refractivity (Wildman–Crippen MR) is 111 cm³/mol. The zero-order valence-corrected chi connectivity index (χ0v) is 16.6. The van der Waals surface area contributed by atoms with E-state index < -0.39 is 4.92 Å². The van der Waals surface area contributed by atoms with Crippen molar-refractivity contribution >= 4 is 17.4 Å². The number of H-pyrrole nitrogens is 1. The molecule has 28 heavy (non-hydrogen) atoms. The van der Waals surface area contributed by atoms with Crippen LogP contribution in [0.4, 0.5) is 5.69 Å². The molecule has 0 amide bonds. The normalized spacial score (nSPS) is 10.8. The first-order valence-corrected chi connectivity index (χ1v) is 9.91. The summed E-state index contributed by atoms with van der Waals surface area (Å²) in [6.45, 7) is 4.11. The standard InChI is InChI=1S/C21H21N3O3S/c1-14-9-15(2)11-17(10-14)12-18-13-20(25)23-21(22-18)28-8-7-16-3-5-19(6-4-16)24(26)27/h3-6,9-11,13H,7-8,12H2,1-2H3,(H,22,23,25). The van der Waals surface area contributed by atoms with Gasteiger partial charge < -0.3 is 4.98 Å². The Labute approximate surface area is 167 Å². The molecule has 0 unspecified atom stereocenters. The third-order valence-electron chi connectivity index (χ3n) is 4.22. The lowest BCUT2D eigenvalue weighted by atomic mass is 10.0. The number of non-ortho nitro benzene ring substituents is 1. The van der Waals surface area contributed by atoms with Crippen molar-refractivity contribution < 1.29 is 4.92 Å². The van der Waals surface area contributed by atoms with Crippen LogP contribution in [0.1, 0.15) is 27.9 Å². The Morgan fingerprint density at radius 3 is 2.36 bits per heavy atom. The van der Waals surface area contributed by atoms with Crippen LogP contribution < -0.4 is 5.56 Å². The molecule has 0 saturated heterocycles. The number of nitrogens with one attached hydrogen (secondary N) is 1. The Bertz CT molecular complexity index is 1030. The van der Waals surface area contributed by atoms with Crippen LogP contribution in [0.25, 0.3) is 0 Å². The van der Waals surface area contributed by atoms with Gasteiger partial charge in [-0.1, -0.05) is 53.2 Å². The number of benzene rings is 2. The van der Waals surface area contributed by atoms with Crippen molar-refractivity contribution in [2.24, 2.45) is 0 Å². The molecule has 144 valence electrons. The number of hydrogen-bond donors (Lipinski definition) is 1. The minimum atomic E-state index is -0.408. The molecule has 0 aliphatic heterocycles. The maximum absolute atomic E-state index is 12.0. The largest absolute Gasteiger partial charge is 0.301 e. The molecule has 0 aliphatic rings. The molecule has 0 radical (unpaired) electrons. The second-order valence-corrected chi connectivity index (χ2v) is 7.82. The molecule has 6 nitrogen and oxygen atoms in total. The third kappa shape index (κ3) is 5.53. The molecule has 7 heteroatoms. The summed E-state index contributed by atoms with van der Waals surface area (Å²) < 4.78 is 0. The molecule has 2 aromatic carbocycles. The average Bonchev–Trinajstić information content (AvgIpc) is 2.61. The van der Waals surface area contributed by atoms with Gasteiger partial charge in [0.1, 0.15) is 0 Å². The van der Waals surface area contributed by atoms with Crippen LogP contribution in [-0.4, -0.2) is 20.6 Å². The van der Waals surface area contributed by atoms with Gasteiger partial charge in [-0.3, -0.25) is 14.9 Å². The van der Waals surface area contributed by atoms with Gasteiger partial charge in [0.25, 0.3) is 11.2 Å². The van der Waals surface area contributed by atoms with Gasteiger partial charge in [0.05, 0.1) is 10.6 Å². The number of hydrogen-bond acceptors (Lipinski definition) is 5. The highest BCUT2D eigenvalue weighted by Gasteiger charge is 2.07. The van der Waals surface area contributed by atoms with Crippen molar-refractivity contribution in [2.45, 2.75) is 31.8 Å². The highest BCUT2D eigenvalue weighted by atomic mass is 32.2. The molecular formula is C21H21N3O3S. The Morgan fingerprint density at radius 2 is 1.71 bits per heavy atom. The van der Waals surface area contributed by atoms with E-state index in [2.05, 4.69) is 42.0 Å². The van der Waals surface area contributed by atoms with Crippen molar-refractivity contribution in [2.75, 3.05) is 5.75 Å². The molecule has 3 rings (SSSR count). The number of nitro benzene ring substituents is 1. The molecule has 1 N–H and O–H groups in total. The van der Waals surface area contributed by atoms with E-state index in [0.717, 1.165) is 23.2 Å². The quantitative estimate of drug-likeness (QED) is 0.280. The first-order valence-electron chi connectivity index (χ1n) is 8.92. The fourth-order valence-corrected chi connectivity index (χ4v) is 3.96. The smallest absolute Gasteiger partial charge is 0.269 e. The lowest BCUT2D eigenvalue weighted by molar-refractivity contribution is -0.384. The zero-order valence-electron chi connectivity index (χ0n) is 15.8. The van der Waals surface area contributed by atoms with Crippen molar-refractivity contribution in [3.8, 4) is 0 Å². The lowest BCUT2D eigenvalue weighted by Crippen LogP contribution is -2.10. The van der Waals surface area contributed by atoms with Crippen LogP contribution >= 0.6 is 11.8 Å². The molecular weight excluding hydrogens is 374 g/mol. The maximum Gasteiger partial charge on any atom is 0.269 e. The topological polar surface area (TPSA) is 88.9 Å². The van der Waals surface area contributed by atoms with Gasteiger partial charge in [-0.2, -0.15) is 0 Å². The zero-order chi connectivity index (χ0) is 20.1. The fraction of sp³-hybridized carbons (Fsp3) is 0.238. The van der Waals surface area contributed by atoms with Crippen molar-refractivity contribution in [3.05, 3.63) is 96.9 Å². The van der Waals surface area contributed by atoms with Gasteiger partial charge in [0.15, 0.2) is 5.16 Å². The summed E-state index contributed by atoms with van der Waals surface area (Å²) in [7, 11) is 0. The van der Waals surface area contributed by atoms with E-state index in [1.165, 1.54) is 41.1 Å². The van der Waals surface area contributed by atoms with Crippen LogP contribution in [0, 0.1) is 24.0 Å². The molecule has 0 spiro atoms. The second-order valence-electron chi connectivity index (χ2n) is 6.74. The van der Waals surface area contributed by atoms with Crippen molar-refractivity contribution in [3.63, 3.8) is 0 Å². The highest BCUT2D eigenvalue weighted by Crippen LogP contribution is 2.18.